The zero-order valence-corrected chi connectivity index (χ0v) is 22.0. The van der Waals surface area contributed by atoms with Gasteiger partial charge in [0, 0.05) is 0 Å². The fourth-order valence-corrected chi connectivity index (χ4v) is 7.60. The number of fused-ring (bicyclic) bond motifs is 2. The molecule has 1 nitrogen and oxygen atoms in total. The number of aliphatic hydroxyl groups is 1. The van der Waals surface area contributed by atoms with Crippen LogP contribution in [0.2, 0.25) is 19.1 Å². The number of hydrogen-bond donors (Lipinski definition) is 1. The molecule has 149 valence electrons. The van der Waals surface area contributed by atoms with E-state index in [2.05, 4.69) is 74.6 Å². The van der Waals surface area contributed by atoms with Crippen molar-refractivity contribution in [3.05, 3.63) is 85.7 Å². The van der Waals surface area contributed by atoms with Gasteiger partial charge in [0.1, 0.15) is 0 Å². The summed E-state index contributed by atoms with van der Waals surface area (Å²) in [4.78, 5) is 0. The Morgan fingerprint density at radius 2 is 1.69 bits per heavy atom. The van der Waals surface area contributed by atoms with E-state index in [4.69, 9.17) is 0 Å². The van der Waals surface area contributed by atoms with Gasteiger partial charge in [0.15, 0.2) is 0 Å². The molecule has 0 bridgehead atoms. The van der Waals surface area contributed by atoms with Crippen molar-refractivity contribution in [2.24, 2.45) is 0 Å². The Morgan fingerprint density at radius 3 is 2.34 bits per heavy atom. The summed E-state index contributed by atoms with van der Waals surface area (Å²) in [5.41, 5.74) is 4.33. The number of halogens is 2. The summed E-state index contributed by atoms with van der Waals surface area (Å²) >= 11 is 1.48. The van der Waals surface area contributed by atoms with Crippen molar-refractivity contribution in [1.82, 2.24) is 0 Å². The van der Waals surface area contributed by atoms with Gasteiger partial charge >= 0.3 is 178 Å². The largest absolute Gasteiger partial charge is 1.00 e. The molecule has 0 aliphatic heterocycles. The Morgan fingerprint density at radius 1 is 1.00 bits per heavy atom. The second kappa shape index (κ2) is 9.62. The average molecular weight is 520 g/mol. The van der Waals surface area contributed by atoms with Crippen LogP contribution >= 0.6 is 0 Å². The standard InChI is InChI=1S/C24H25OSi.2ClH.Zr/c1-4-17-10-12-22-21-8-6-5-7-18(21)16-23(22)24(17)19-9-11-20(15-19)26(2,3)14-13-25;;;/h4-8,10-12,15,25H,9,13-14H2,1-3H3;2*1H;/q;;;+2/p-2. The third kappa shape index (κ3) is 4.23. The van der Waals surface area contributed by atoms with E-state index in [-0.39, 0.29) is 24.8 Å². The summed E-state index contributed by atoms with van der Waals surface area (Å²) in [5, 5.41) is 16.5. The fourth-order valence-electron chi connectivity index (χ4n) is 4.36. The van der Waals surface area contributed by atoms with Gasteiger partial charge in [-0.05, 0) is 0 Å². The molecule has 0 fully saturated rings. The molecule has 2 aliphatic carbocycles. The minimum Gasteiger partial charge on any atom is -1.00 e. The number of allylic oxidation sites excluding steroid dienone is 4. The van der Waals surface area contributed by atoms with Crippen LogP contribution in [0.4, 0.5) is 0 Å². The molecule has 4 rings (SSSR count). The van der Waals surface area contributed by atoms with E-state index in [1.54, 1.807) is 0 Å². The first-order valence-corrected chi connectivity index (χ1v) is 14.1. The van der Waals surface area contributed by atoms with Crippen LogP contribution in [-0.2, 0) is 24.7 Å². The van der Waals surface area contributed by atoms with Crippen molar-refractivity contribution < 1.29 is 54.6 Å². The molecule has 0 unspecified atom stereocenters. The van der Waals surface area contributed by atoms with Gasteiger partial charge in [0.2, 0.25) is 0 Å². The van der Waals surface area contributed by atoms with Gasteiger partial charge in [0.25, 0.3) is 0 Å². The van der Waals surface area contributed by atoms with E-state index >= 15 is 0 Å². The van der Waals surface area contributed by atoms with Crippen molar-refractivity contribution in [2.75, 3.05) is 6.61 Å². The molecule has 5 heteroatoms. The van der Waals surface area contributed by atoms with Crippen LogP contribution in [-0.4, -0.2) is 19.8 Å². The third-order valence-electron chi connectivity index (χ3n) is 6.00. The van der Waals surface area contributed by atoms with E-state index in [0.717, 1.165) is 12.5 Å². The van der Waals surface area contributed by atoms with E-state index in [1.807, 2.05) is 0 Å². The molecule has 0 saturated heterocycles. The van der Waals surface area contributed by atoms with Crippen LogP contribution in [0, 0.1) is 10.4 Å². The predicted octanol–water partition coefficient (Wildman–Crippen LogP) is -2.25. The van der Waals surface area contributed by atoms with Crippen LogP contribution in [0.25, 0.3) is 14.9 Å². The van der Waals surface area contributed by atoms with Gasteiger partial charge in [-0.25, -0.2) is 0 Å². The molecule has 0 spiro atoms. The number of hydrogen-bond acceptors (Lipinski definition) is 1. The van der Waals surface area contributed by atoms with Gasteiger partial charge in [-0.15, -0.1) is 0 Å². The van der Waals surface area contributed by atoms with Crippen LogP contribution in [0.1, 0.15) is 24.5 Å². The molecular formula is C24H25Cl2OSiZr. The van der Waals surface area contributed by atoms with Gasteiger partial charge in [-0.3, -0.25) is 0 Å². The fraction of sp³-hybridized carbons (Fsp3) is 0.250. The Balaban J connectivity index is 0.00000150. The molecule has 0 radical (unpaired) electrons. The number of aliphatic hydroxyl groups excluding tert-OH is 1. The zero-order valence-electron chi connectivity index (χ0n) is 17.0. The molecule has 0 heterocycles. The van der Waals surface area contributed by atoms with E-state index in [9.17, 15) is 5.11 Å². The van der Waals surface area contributed by atoms with Crippen LogP contribution in [0.5, 0.6) is 0 Å². The topological polar surface area (TPSA) is 20.2 Å². The maximum absolute atomic E-state index is 9.47. The first-order chi connectivity index (χ1) is 13.0. The minimum absolute atomic E-state index is 0. The van der Waals surface area contributed by atoms with Crippen molar-refractivity contribution in [2.45, 2.75) is 32.5 Å². The van der Waals surface area contributed by atoms with Crippen molar-refractivity contribution in [1.29, 1.82) is 0 Å². The normalized spacial score (nSPS) is 15.2. The molecule has 2 aliphatic rings. The monoisotopic (exact) mass is 517 g/mol. The van der Waals surface area contributed by atoms with Gasteiger partial charge in [0.05, 0.1) is 0 Å². The van der Waals surface area contributed by atoms with Gasteiger partial charge in [-0.2, -0.15) is 0 Å². The molecule has 0 aromatic heterocycles. The molecule has 0 amide bonds. The predicted molar refractivity (Wildman–Crippen MR) is 113 cm³/mol. The maximum Gasteiger partial charge on any atom is -1.00 e. The van der Waals surface area contributed by atoms with Crippen molar-refractivity contribution in [3.8, 4) is 0 Å². The van der Waals surface area contributed by atoms with Crippen molar-refractivity contribution in [3.63, 3.8) is 0 Å². The molecular weight excluding hydrogens is 494 g/mol. The Labute approximate surface area is 201 Å². The molecule has 0 atom stereocenters. The quantitative estimate of drug-likeness (QED) is 0.453. The van der Waals surface area contributed by atoms with E-state index in [1.165, 1.54) is 70.8 Å². The minimum atomic E-state index is -1.56. The second-order valence-corrected chi connectivity index (χ2v) is 14.1. The molecule has 29 heavy (non-hydrogen) atoms. The molecule has 0 saturated carbocycles. The Kier molecular flexibility index (Phi) is 8.15. The summed E-state index contributed by atoms with van der Waals surface area (Å²) in [5.74, 6) is 0. The van der Waals surface area contributed by atoms with Crippen molar-refractivity contribution >= 4 is 23.0 Å². The maximum atomic E-state index is 9.47. The van der Waals surface area contributed by atoms with Gasteiger partial charge < -0.3 is 24.8 Å². The first kappa shape index (κ1) is 24.6. The summed E-state index contributed by atoms with van der Waals surface area (Å²) < 4.78 is 1.48. The number of rotatable bonds is 4. The first-order valence-electron chi connectivity index (χ1n) is 9.65. The third-order valence-corrected chi connectivity index (χ3v) is 10.7. The average Bonchev–Trinajstić information content (AvgIpc) is 3.26. The summed E-state index contributed by atoms with van der Waals surface area (Å²) in [6.07, 6.45) is 8.11. The smallest absolute Gasteiger partial charge is 1.00 e. The summed E-state index contributed by atoms with van der Waals surface area (Å²) in [6, 6.07) is 14.3. The molecule has 1 N–H and O–H groups in total. The van der Waals surface area contributed by atoms with Gasteiger partial charge in [-0.1, -0.05) is 0 Å². The molecule has 2 aromatic rings. The van der Waals surface area contributed by atoms with E-state index in [0.29, 0.717) is 6.61 Å². The van der Waals surface area contributed by atoms with Crippen LogP contribution in [0.3, 0.4) is 0 Å². The molecule has 2 aromatic carbocycles. The Bertz CT molecular complexity index is 1210. The Hall–Kier alpha value is -0.700. The van der Waals surface area contributed by atoms with E-state index < -0.39 is 8.07 Å². The second-order valence-electron chi connectivity index (χ2n) is 8.05. The van der Waals surface area contributed by atoms with Crippen LogP contribution < -0.4 is 35.3 Å². The number of benzene rings is 2. The summed E-state index contributed by atoms with van der Waals surface area (Å²) in [7, 11) is -1.56. The van der Waals surface area contributed by atoms with Crippen LogP contribution in [0.15, 0.2) is 53.7 Å². The SMILES string of the molecule is CC=c1ccc2c(c1C1=CC([Si](C)(C)CCO)=CC1)[C]([Zr+2])=c1ccccc1=2.[Cl-].[Cl-]. The zero-order chi connectivity index (χ0) is 19.2. The summed E-state index contributed by atoms with van der Waals surface area (Å²) in [6.45, 7) is 7.17.